The summed E-state index contributed by atoms with van der Waals surface area (Å²) in [7, 11) is 0. The molecule has 1 fully saturated rings. The molecule has 0 amide bonds. The number of aryl methyl sites for hydroxylation is 5. The molecule has 0 bridgehead atoms. The Hall–Kier alpha value is -4.65. The van der Waals surface area contributed by atoms with E-state index in [9.17, 15) is 23.1 Å². The summed E-state index contributed by atoms with van der Waals surface area (Å²) in [5.41, 5.74) is 10.9. The van der Waals surface area contributed by atoms with Crippen LogP contribution in [0.4, 0.5) is 13.2 Å². The van der Waals surface area contributed by atoms with Gasteiger partial charge in [0.25, 0.3) is 0 Å². The van der Waals surface area contributed by atoms with Crippen LogP contribution in [0, 0.1) is 58.6 Å². The number of carbonyl (C=O) groups excluding carboxylic acids is 1. The standard InChI is InChI=1S/C22H22N.C18H16N.C13H21F3O2.Ir/c1-15-11-16(2)13-20(12-15)22-21-8-7-18(17-5-3-4-6-17)14-19(21)9-10-23-22;1-12-4-5-17-15(9-12)6-7-19-18(17)16-10-13(2)8-14(3)11-16;1-4-9(5-2)11(17)7-12(18)10(6-3)8-13(14,15)16;/h7-12,14,17H,3-6H2,1-2H3;4-10H,1-3H3;7,9-10,18H,4-6,8H2,1-3H3;/q2*-1;;/b;;12-7-;/i10D;7D;;. The van der Waals surface area contributed by atoms with Gasteiger partial charge in [-0.3, -0.25) is 4.79 Å². The maximum atomic E-state index is 12.3. The van der Waals surface area contributed by atoms with Crippen LogP contribution in [0.3, 0.4) is 0 Å². The Morgan fingerprint density at radius 2 is 1.23 bits per heavy atom. The molecule has 4 nitrogen and oxygen atoms in total. The molecule has 8 heteroatoms. The molecule has 2 aromatic heterocycles. The molecule has 4 aromatic carbocycles. The number of allylic oxidation sites excluding steroid dienone is 2. The van der Waals surface area contributed by atoms with Gasteiger partial charge in [0.1, 0.15) is 0 Å². The predicted molar refractivity (Wildman–Crippen MR) is 241 cm³/mol. The molecule has 0 saturated heterocycles. The van der Waals surface area contributed by atoms with Crippen LogP contribution in [0.15, 0.2) is 97.0 Å². The third kappa shape index (κ3) is 13.7. The number of alkyl halides is 3. The molecule has 0 spiro atoms. The summed E-state index contributed by atoms with van der Waals surface area (Å²) in [5.74, 6) is -1.31. The van der Waals surface area contributed by atoms with Crippen LogP contribution >= 0.6 is 0 Å². The summed E-state index contributed by atoms with van der Waals surface area (Å²) in [4.78, 5) is 20.6. The van der Waals surface area contributed by atoms with Gasteiger partial charge < -0.3 is 15.1 Å². The van der Waals surface area contributed by atoms with E-state index in [1.807, 2.05) is 32.9 Å². The van der Waals surface area contributed by atoms with Crippen molar-refractivity contribution in [2.24, 2.45) is 11.8 Å². The average molecular weight is 1010 g/mol. The van der Waals surface area contributed by atoms with E-state index in [-0.39, 0.29) is 38.2 Å². The number of rotatable bonds is 10. The van der Waals surface area contributed by atoms with Gasteiger partial charge in [-0.1, -0.05) is 103 Å². The number of benzene rings is 4. The summed E-state index contributed by atoms with van der Waals surface area (Å²) in [6, 6.07) is 31.9. The van der Waals surface area contributed by atoms with E-state index in [4.69, 9.17) is 2.74 Å². The number of hydrogen-bond acceptors (Lipinski definition) is 4. The number of halogens is 3. The zero-order chi connectivity index (χ0) is 45.3. The Morgan fingerprint density at radius 3 is 1.70 bits per heavy atom. The van der Waals surface area contributed by atoms with Gasteiger partial charge in [0, 0.05) is 50.4 Å². The van der Waals surface area contributed by atoms with Gasteiger partial charge in [0.15, 0.2) is 5.78 Å². The molecule has 1 radical (unpaired) electrons. The molecule has 61 heavy (non-hydrogen) atoms. The van der Waals surface area contributed by atoms with Crippen molar-refractivity contribution in [1.29, 1.82) is 0 Å². The van der Waals surface area contributed by atoms with Gasteiger partial charge in [-0.2, -0.15) is 13.2 Å². The third-order valence-electron chi connectivity index (χ3n) is 11.3. The topological polar surface area (TPSA) is 63.1 Å². The first-order valence-electron chi connectivity index (χ1n) is 22.2. The van der Waals surface area contributed by atoms with Crippen LogP contribution in [0.5, 0.6) is 0 Å². The quantitative estimate of drug-likeness (QED) is 0.0844. The van der Waals surface area contributed by atoms with Crippen molar-refractivity contribution in [1.82, 2.24) is 9.97 Å². The van der Waals surface area contributed by atoms with Gasteiger partial charge in [-0.25, -0.2) is 0 Å². The number of ketones is 1. The van der Waals surface area contributed by atoms with E-state index in [0.717, 1.165) is 61.3 Å². The number of hydrogen-bond donors (Lipinski definition) is 1. The number of nitrogens with zero attached hydrogens (tertiary/aromatic N) is 2. The smallest absolute Gasteiger partial charge is 0.389 e. The fourth-order valence-electron chi connectivity index (χ4n) is 8.17. The summed E-state index contributed by atoms with van der Waals surface area (Å²) >= 11 is 0. The molecule has 1 saturated carbocycles. The van der Waals surface area contributed by atoms with Crippen molar-refractivity contribution < 1.29 is 45.9 Å². The minimum atomic E-state index is -4.33. The Morgan fingerprint density at radius 1 is 0.738 bits per heavy atom. The van der Waals surface area contributed by atoms with Crippen molar-refractivity contribution in [3.63, 3.8) is 0 Å². The average Bonchev–Trinajstić information content (AvgIpc) is 3.74. The van der Waals surface area contributed by atoms with Gasteiger partial charge in [0.05, 0.1) is 14.9 Å². The fraction of sp³-hybridized carbons (Fsp3) is 0.377. The van der Waals surface area contributed by atoms with Crippen LogP contribution in [-0.4, -0.2) is 27.0 Å². The summed E-state index contributed by atoms with van der Waals surface area (Å²) < 4.78 is 52.8. The maximum Gasteiger partial charge on any atom is 0.389 e. The van der Waals surface area contributed by atoms with E-state index in [1.165, 1.54) is 47.9 Å². The van der Waals surface area contributed by atoms with E-state index in [2.05, 4.69) is 110 Å². The molecule has 2 heterocycles. The first-order chi connectivity index (χ1) is 29.4. The normalized spacial score (nSPS) is 14.1. The Kier molecular flexibility index (Phi) is 16.9. The van der Waals surface area contributed by atoms with Crippen LogP contribution < -0.4 is 0 Å². The van der Waals surface area contributed by atoms with Gasteiger partial charge in [0.2, 0.25) is 0 Å². The monoisotopic (exact) mass is 1010 g/mol. The van der Waals surface area contributed by atoms with E-state index < -0.39 is 24.3 Å². The minimum absolute atomic E-state index is 0. The summed E-state index contributed by atoms with van der Waals surface area (Å²) in [6.07, 6.45) is 2.82. The molecule has 6 aromatic rings. The molecule has 1 N–H and O–H groups in total. The fourth-order valence-corrected chi connectivity index (χ4v) is 8.17. The molecule has 1 atom stereocenters. The van der Waals surface area contributed by atoms with E-state index in [1.54, 1.807) is 6.92 Å². The summed E-state index contributed by atoms with van der Waals surface area (Å²) in [5, 5.41) is 14.0. The Balaban J connectivity index is 0.000000209. The van der Waals surface area contributed by atoms with Crippen molar-refractivity contribution in [3.8, 4) is 22.5 Å². The second-order valence-corrected chi connectivity index (χ2v) is 16.3. The number of aliphatic hydroxyl groups is 1. The predicted octanol–water partition coefficient (Wildman–Crippen LogP) is 15.0. The molecule has 1 aliphatic rings. The molecular weight excluding hydrogens is 946 g/mol. The number of carbonyl (C=O) groups is 1. The minimum Gasteiger partial charge on any atom is -0.512 e. The largest absolute Gasteiger partial charge is 0.512 e. The first kappa shape index (κ1) is 45.9. The molecular formula is C53H59F3IrN2O2-2. The SMILES string of the molecule is CCC(CC)C(=O)/C=C(\O)C(CC)CC(F)(F)F.[2H]c1cc2cc(C)ccc2c(-c2[c-]c(C)cc(C)c2)n1.[2H]c1cc2cc(C3CCCC3)ccc2c(-c2[c-]c(C)cc(C)c2)n1.[Ir]. The zero-order valence-electron chi connectivity index (χ0n) is 38.6. The molecule has 1 unspecified atom stereocenters. The summed E-state index contributed by atoms with van der Waals surface area (Å²) in [6.45, 7) is 15.5. The number of pyridine rings is 2. The molecule has 0 aliphatic heterocycles. The van der Waals surface area contributed by atoms with Gasteiger partial charge >= 0.3 is 6.18 Å². The number of aromatic nitrogens is 2. The van der Waals surface area contributed by atoms with Crippen molar-refractivity contribution in [2.75, 3.05) is 0 Å². The zero-order valence-corrected chi connectivity index (χ0v) is 39.0. The van der Waals surface area contributed by atoms with Crippen molar-refractivity contribution in [3.05, 3.63) is 142 Å². The van der Waals surface area contributed by atoms with Crippen molar-refractivity contribution in [2.45, 2.75) is 119 Å². The van der Waals surface area contributed by atoms with Crippen LogP contribution in [-0.2, 0) is 24.9 Å². The molecule has 7 rings (SSSR count). The Labute approximate surface area is 377 Å². The Bertz CT molecular complexity index is 2500. The second kappa shape index (κ2) is 22.4. The second-order valence-electron chi connectivity index (χ2n) is 16.3. The van der Waals surface area contributed by atoms with Crippen LogP contribution in [0.25, 0.3) is 44.1 Å². The van der Waals surface area contributed by atoms with E-state index in [0.29, 0.717) is 31.1 Å². The van der Waals surface area contributed by atoms with Crippen molar-refractivity contribution >= 4 is 27.3 Å². The third-order valence-corrected chi connectivity index (χ3v) is 11.3. The number of fused-ring (bicyclic) bond motifs is 2. The maximum absolute atomic E-state index is 12.3. The van der Waals surface area contributed by atoms with Gasteiger partial charge in [-0.05, 0) is 95.6 Å². The first-order valence-corrected chi connectivity index (χ1v) is 21.2. The van der Waals surface area contributed by atoms with Crippen LogP contribution in [0.1, 0.15) is 114 Å². The molecule has 1 aliphatic carbocycles. The van der Waals surface area contributed by atoms with E-state index >= 15 is 0 Å². The van der Waals surface area contributed by atoms with Gasteiger partial charge in [-0.15, -0.1) is 69.8 Å². The number of aliphatic hydroxyl groups excluding tert-OH is 1. The molecule has 325 valence electrons. The van der Waals surface area contributed by atoms with Crippen LogP contribution in [0.2, 0.25) is 0 Å².